The van der Waals surface area contributed by atoms with Crippen LogP contribution in [0, 0.1) is 0 Å². The molecule has 0 spiro atoms. The first-order chi connectivity index (χ1) is 10.5. The summed E-state index contributed by atoms with van der Waals surface area (Å²) in [7, 11) is 1.55. The molecule has 2 aromatic rings. The summed E-state index contributed by atoms with van der Waals surface area (Å²) in [5.74, 6) is 0.414. The van der Waals surface area contributed by atoms with E-state index in [0.29, 0.717) is 21.5 Å². The van der Waals surface area contributed by atoms with Crippen LogP contribution in [0.4, 0.5) is 11.4 Å². The van der Waals surface area contributed by atoms with Crippen molar-refractivity contribution in [3.8, 4) is 5.75 Å². The Morgan fingerprint density at radius 3 is 2.55 bits per heavy atom. The quantitative estimate of drug-likeness (QED) is 0.847. The SMILES string of the molecule is COc1ccc(N[C@H](C)C(=O)Nc2cccc(Cl)c2)cc1Cl. The van der Waals surface area contributed by atoms with Gasteiger partial charge in [-0.05, 0) is 43.3 Å². The molecule has 2 rings (SSSR count). The van der Waals surface area contributed by atoms with E-state index in [-0.39, 0.29) is 5.91 Å². The van der Waals surface area contributed by atoms with Gasteiger partial charge in [0, 0.05) is 16.4 Å². The smallest absolute Gasteiger partial charge is 0.246 e. The maximum atomic E-state index is 12.2. The molecular formula is C16H16Cl2N2O2. The van der Waals surface area contributed by atoms with E-state index in [1.54, 1.807) is 56.5 Å². The number of hydrogen-bond donors (Lipinski definition) is 2. The second-order valence-corrected chi connectivity index (χ2v) is 5.56. The number of ether oxygens (including phenoxy) is 1. The van der Waals surface area contributed by atoms with Crippen LogP contribution < -0.4 is 15.4 Å². The normalized spacial score (nSPS) is 11.6. The van der Waals surface area contributed by atoms with Gasteiger partial charge in [-0.2, -0.15) is 0 Å². The third kappa shape index (κ3) is 4.29. The van der Waals surface area contributed by atoms with Gasteiger partial charge in [0.2, 0.25) is 5.91 Å². The molecule has 4 nitrogen and oxygen atoms in total. The fourth-order valence-corrected chi connectivity index (χ4v) is 2.34. The molecule has 1 amide bonds. The Morgan fingerprint density at radius 2 is 1.91 bits per heavy atom. The van der Waals surface area contributed by atoms with Crippen LogP contribution in [0.15, 0.2) is 42.5 Å². The maximum Gasteiger partial charge on any atom is 0.246 e. The molecule has 0 saturated carbocycles. The first kappa shape index (κ1) is 16.5. The van der Waals surface area contributed by atoms with E-state index in [0.717, 1.165) is 5.69 Å². The van der Waals surface area contributed by atoms with Crippen molar-refractivity contribution in [1.82, 2.24) is 0 Å². The summed E-state index contributed by atoms with van der Waals surface area (Å²) in [6.45, 7) is 1.76. The van der Waals surface area contributed by atoms with Crippen molar-refractivity contribution in [2.24, 2.45) is 0 Å². The zero-order valence-electron chi connectivity index (χ0n) is 12.2. The van der Waals surface area contributed by atoms with Crippen LogP contribution in [0.2, 0.25) is 10.0 Å². The van der Waals surface area contributed by atoms with E-state index < -0.39 is 6.04 Å². The molecule has 6 heteroatoms. The largest absolute Gasteiger partial charge is 0.495 e. The topological polar surface area (TPSA) is 50.4 Å². The minimum atomic E-state index is -0.441. The van der Waals surface area contributed by atoms with E-state index in [1.165, 1.54) is 0 Å². The predicted octanol–water partition coefficient (Wildman–Crippen LogP) is 4.44. The maximum absolute atomic E-state index is 12.2. The lowest BCUT2D eigenvalue weighted by Crippen LogP contribution is -2.31. The molecule has 0 aliphatic heterocycles. The Balaban J connectivity index is 2.00. The minimum absolute atomic E-state index is 0.172. The molecule has 2 N–H and O–H groups in total. The van der Waals surface area contributed by atoms with Crippen LogP contribution >= 0.6 is 23.2 Å². The van der Waals surface area contributed by atoms with Gasteiger partial charge in [0.1, 0.15) is 11.8 Å². The number of rotatable bonds is 5. The highest BCUT2D eigenvalue weighted by Crippen LogP contribution is 2.27. The van der Waals surface area contributed by atoms with Crippen molar-refractivity contribution in [2.75, 3.05) is 17.7 Å². The van der Waals surface area contributed by atoms with Gasteiger partial charge >= 0.3 is 0 Å². The summed E-state index contributed by atoms with van der Waals surface area (Å²) in [5.41, 5.74) is 1.39. The Bertz CT molecular complexity index is 677. The van der Waals surface area contributed by atoms with Crippen molar-refractivity contribution >= 4 is 40.5 Å². The molecule has 116 valence electrons. The summed E-state index contributed by atoms with van der Waals surface area (Å²) in [6.07, 6.45) is 0. The van der Waals surface area contributed by atoms with Gasteiger partial charge in [0.05, 0.1) is 12.1 Å². The van der Waals surface area contributed by atoms with Crippen LogP contribution in [0.1, 0.15) is 6.92 Å². The minimum Gasteiger partial charge on any atom is -0.495 e. The molecule has 0 saturated heterocycles. The molecule has 0 fully saturated rings. The van der Waals surface area contributed by atoms with E-state index >= 15 is 0 Å². The van der Waals surface area contributed by atoms with Crippen molar-refractivity contribution < 1.29 is 9.53 Å². The highest BCUT2D eigenvalue weighted by molar-refractivity contribution is 6.32. The first-order valence-corrected chi connectivity index (χ1v) is 7.41. The molecule has 22 heavy (non-hydrogen) atoms. The monoisotopic (exact) mass is 338 g/mol. The van der Waals surface area contributed by atoms with Crippen LogP contribution in [-0.2, 0) is 4.79 Å². The van der Waals surface area contributed by atoms with E-state index in [9.17, 15) is 4.79 Å². The fourth-order valence-electron chi connectivity index (χ4n) is 1.89. The Morgan fingerprint density at radius 1 is 1.14 bits per heavy atom. The van der Waals surface area contributed by atoms with Gasteiger partial charge in [-0.25, -0.2) is 0 Å². The Labute approximate surface area is 139 Å². The lowest BCUT2D eigenvalue weighted by Gasteiger charge is -2.16. The van der Waals surface area contributed by atoms with Crippen LogP contribution in [-0.4, -0.2) is 19.1 Å². The van der Waals surface area contributed by atoms with Gasteiger partial charge in [-0.3, -0.25) is 4.79 Å². The van der Waals surface area contributed by atoms with Crippen molar-refractivity contribution in [3.63, 3.8) is 0 Å². The molecule has 1 atom stereocenters. The third-order valence-electron chi connectivity index (χ3n) is 3.02. The average Bonchev–Trinajstić information content (AvgIpc) is 2.47. The fraction of sp³-hybridized carbons (Fsp3) is 0.188. The van der Waals surface area contributed by atoms with Crippen LogP contribution in [0.25, 0.3) is 0 Å². The number of benzene rings is 2. The number of methoxy groups -OCH3 is 1. The Kier molecular flexibility index (Phi) is 5.52. The number of hydrogen-bond acceptors (Lipinski definition) is 3. The predicted molar refractivity (Wildman–Crippen MR) is 91.2 cm³/mol. The number of carbonyl (C=O) groups excluding carboxylic acids is 1. The van der Waals surface area contributed by atoms with Crippen molar-refractivity contribution in [1.29, 1.82) is 0 Å². The lowest BCUT2D eigenvalue weighted by atomic mass is 10.2. The number of nitrogens with one attached hydrogen (secondary N) is 2. The molecule has 0 aromatic heterocycles. The van der Waals surface area contributed by atoms with Crippen LogP contribution in [0.3, 0.4) is 0 Å². The molecule has 0 bridgehead atoms. The molecular weight excluding hydrogens is 323 g/mol. The summed E-state index contributed by atoms with van der Waals surface area (Å²) < 4.78 is 5.09. The summed E-state index contributed by atoms with van der Waals surface area (Å²) in [6, 6.07) is 11.8. The second-order valence-electron chi connectivity index (χ2n) is 4.71. The number of anilines is 2. The second kappa shape index (κ2) is 7.38. The molecule has 0 unspecified atom stereocenters. The molecule has 0 radical (unpaired) electrons. The molecule has 2 aromatic carbocycles. The van der Waals surface area contributed by atoms with Crippen molar-refractivity contribution in [3.05, 3.63) is 52.5 Å². The number of halogens is 2. The lowest BCUT2D eigenvalue weighted by molar-refractivity contribution is -0.116. The average molecular weight is 339 g/mol. The standard InChI is InChI=1S/C16H16Cl2N2O2/c1-10(16(21)20-12-5-3-4-11(17)8-12)19-13-6-7-15(22-2)14(18)9-13/h3-10,19H,1-2H3,(H,20,21)/t10-/m1/s1. The number of amides is 1. The van der Waals surface area contributed by atoms with Crippen molar-refractivity contribution in [2.45, 2.75) is 13.0 Å². The van der Waals surface area contributed by atoms with Gasteiger partial charge in [0.15, 0.2) is 0 Å². The highest BCUT2D eigenvalue weighted by Gasteiger charge is 2.13. The zero-order chi connectivity index (χ0) is 16.1. The number of carbonyl (C=O) groups is 1. The van der Waals surface area contributed by atoms with Gasteiger partial charge < -0.3 is 15.4 Å². The molecule has 0 heterocycles. The van der Waals surface area contributed by atoms with Gasteiger partial charge in [0.25, 0.3) is 0 Å². The Hall–Kier alpha value is -1.91. The molecule has 0 aliphatic carbocycles. The zero-order valence-corrected chi connectivity index (χ0v) is 13.7. The van der Waals surface area contributed by atoms with E-state index in [4.69, 9.17) is 27.9 Å². The highest BCUT2D eigenvalue weighted by atomic mass is 35.5. The summed E-state index contributed by atoms with van der Waals surface area (Å²) >= 11 is 11.9. The third-order valence-corrected chi connectivity index (χ3v) is 3.55. The van der Waals surface area contributed by atoms with Gasteiger partial charge in [-0.1, -0.05) is 29.3 Å². The summed E-state index contributed by atoms with van der Waals surface area (Å²) in [4.78, 5) is 12.2. The van der Waals surface area contributed by atoms with Crippen LogP contribution in [0.5, 0.6) is 5.75 Å². The summed E-state index contributed by atoms with van der Waals surface area (Å²) in [5, 5.41) is 6.93. The molecule has 0 aliphatic rings. The van der Waals surface area contributed by atoms with E-state index in [2.05, 4.69) is 10.6 Å². The van der Waals surface area contributed by atoms with Gasteiger partial charge in [-0.15, -0.1) is 0 Å². The van der Waals surface area contributed by atoms with E-state index in [1.807, 2.05) is 0 Å². The first-order valence-electron chi connectivity index (χ1n) is 6.66.